The monoisotopic (exact) mass is 297 g/mol. The summed E-state index contributed by atoms with van der Waals surface area (Å²) in [7, 11) is -1.44. The first-order valence-corrected chi connectivity index (χ1v) is 8.10. The third kappa shape index (κ3) is 6.30. The summed E-state index contributed by atoms with van der Waals surface area (Å²) in [5.41, 5.74) is 5.00. The van der Waals surface area contributed by atoms with Crippen molar-refractivity contribution < 1.29 is 18.6 Å². The molecule has 1 aliphatic rings. The molecule has 106 valence electrons. The smallest absolute Gasteiger partial charge is 0.308 e. The lowest BCUT2D eigenvalue weighted by Crippen LogP contribution is -2.32. The van der Waals surface area contributed by atoms with Gasteiger partial charge < -0.3 is 19.5 Å². The molecule has 0 aromatic carbocycles. The molecule has 5 nitrogen and oxygen atoms in total. The number of esters is 1. The van der Waals surface area contributed by atoms with Gasteiger partial charge in [-0.25, -0.2) is 0 Å². The van der Waals surface area contributed by atoms with Gasteiger partial charge in [-0.15, -0.1) is 0 Å². The van der Waals surface area contributed by atoms with Crippen LogP contribution in [0.2, 0.25) is 0 Å². The Bertz CT molecular complexity index is 285. The van der Waals surface area contributed by atoms with Gasteiger partial charge in [-0.1, -0.05) is 0 Å². The highest BCUT2D eigenvalue weighted by Crippen LogP contribution is 2.51. The zero-order valence-corrected chi connectivity index (χ0v) is 12.7. The Kier molecular flexibility index (Phi) is 6.28. The lowest BCUT2D eigenvalue weighted by atomic mass is 10.1. The molecule has 0 aromatic heterocycles. The van der Waals surface area contributed by atoms with E-state index < -0.39 is 13.3 Å². The fourth-order valence-corrected chi connectivity index (χ4v) is 3.23. The van der Waals surface area contributed by atoms with Crippen molar-refractivity contribution in [2.45, 2.75) is 57.8 Å². The molecule has 1 saturated heterocycles. The molecule has 1 rings (SSSR count). The van der Waals surface area contributed by atoms with Gasteiger partial charge in [0, 0.05) is 6.42 Å². The van der Waals surface area contributed by atoms with Gasteiger partial charge in [-0.2, -0.15) is 0 Å². The molecule has 1 unspecified atom stereocenters. The van der Waals surface area contributed by atoms with Crippen LogP contribution in [0.3, 0.4) is 0 Å². The van der Waals surface area contributed by atoms with Gasteiger partial charge in [0.2, 0.25) is 0 Å². The number of ether oxygens (including phenoxy) is 1. The minimum atomic E-state index is -1.44. The average Bonchev–Trinajstić information content (AvgIpc) is 2.12. The van der Waals surface area contributed by atoms with E-state index in [1.807, 2.05) is 20.8 Å². The number of carbonyl (C=O) groups excluding carboxylic acids is 1. The first kappa shape index (κ1) is 16.1. The molecule has 1 fully saturated rings. The minimum absolute atomic E-state index is 0.0280. The maximum atomic E-state index is 11.7. The molecule has 0 bridgehead atoms. The molecule has 2 N–H and O–H groups in total. The van der Waals surface area contributed by atoms with E-state index in [0.717, 1.165) is 6.42 Å². The van der Waals surface area contributed by atoms with Crippen LogP contribution in [-0.4, -0.2) is 30.3 Å². The van der Waals surface area contributed by atoms with Crippen LogP contribution in [0.4, 0.5) is 0 Å². The Morgan fingerprint density at radius 3 is 2.61 bits per heavy atom. The minimum Gasteiger partial charge on any atom is -0.460 e. The van der Waals surface area contributed by atoms with Gasteiger partial charge in [-0.05, 0) is 45.0 Å². The summed E-state index contributed by atoms with van der Waals surface area (Å²) in [4.78, 5) is 11.7. The molecule has 0 amide bonds. The Morgan fingerprint density at radius 2 is 2.06 bits per heavy atom. The highest BCUT2D eigenvalue weighted by molar-refractivity contribution is 7.76. The van der Waals surface area contributed by atoms with E-state index in [1.54, 1.807) is 0 Å². The van der Waals surface area contributed by atoms with Crippen molar-refractivity contribution >= 4 is 24.9 Å². The lowest BCUT2D eigenvalue weighted by Gasteiger charge is -2.31. The summed E-state index contributed by atoms with van der Waals surface area (Å²) >= 11 is 5.89. The van der Waals surface area contributed by atoms with Crippen molar-refractivity contribution in [3.8, 4) is 0 Å². The number of nitrogens with two attached hydrogens (primary N) is 1. The summed E-state index contributed by atoms with van der Waals surface area (Å²) in [6, 6.07) is 0. The molecule has 0 aromatic rings. The van der Waals surface area contributed by atoms with E-state index in [9.17, 15) is 4.79 Å². The third-order valence-corrected chi connectivity index (χ3v) is 3.70. The molecule has 1 aliphatic heterocycles. The Balaban J connectivity index is 2.43. The zero-order valence-electron chi connectivity index (χ0n) is 11.0. The maximum Gasteiger partial charge on any atom is 0.308 e. The predicted octanol–water partition coefficient (Wildman–Crippen LogP) is 2.71. The van der Waals surface area contributed by atoms with Crippen LogP contribution in [0, 0.1) is 0 Å². The zero-order chi connectivity index (χ0) is 13.8. The number of rotatable bonds is 4. The summed E-state index contributed by atoms with van der Waals surface area (Å²) in [5.74, 6) is -0.277. The van der Waals surface area contributed by atoms with Crippen molar-refractivity contribution in [3.05, 3.63) is 0 Å². The number of hydrogen-bond acceptors (Lipinski definition) is 5. The van der Waals surface area contributed by atoms with E-state index in [1.165, 1.54) is 0 Å². The second kappa shape index (κ2) is 7.01. The van der Waals surface area contributed by atoms with E-state index in [0.29, 0.717) is 13.0 Å². The summed E-state index contributed by atoms with van der Waals surface area (Å²) in [6.45, 7) is 6.04. The van der Waals surface area contributed by atoms with Crippen molar-refractivity contribution in [1.82, 2.24) is 0 Å². The van der Waals surface area contributed by atoms with Gasteiger partial charge >= 0.3 is 5.97 Å². The van der Waals surface area contributed by atoms with E-state index >= 15 is 0 Å². The van der Waals surface area contributed by atoms with Gasteiger partial charge in [0.15, 0.2) is 0 Å². The maximum absolute atomic E-state index is 11.7. The molecular formula is C11H21ClNO4P. The Labute approximate surface area is 114 Å². The van der Waals surface area contributed by atoms with Crippen LogP contribution in [0.5, 0.6) is 0 Å². The third-order valence-electron chi connectivity index (χ3n) is 2.29. The van der Waals surface area contributed by atoms with Crippen LogP contribution < -0.4 is 5.73 Å². The number of hydrogen-bond donors (Lipinski definition) is 1. The highest BCUT2D eigenvalue weighted by atomic mass is 35.7. The van der Waals surface area contributed by atoms with Crippen LogP contribution in [0.25, 0.3) is 0 Å². The quantitative estimate of drug-likeness (QED) is 0.638. The molecule has 1 heterocycles. The first-order chi connectivity index (χ1) is 8.30. The molecular weight excluding hydrogens is 277 g/mol. The Hall–Kier alpha value is 0.0700. The molecule has 3 atom stereocenters. The fourth-order valence-electron chi connectivity index (χ4n) is 1.68. The Morgan fingerprint density at radius 1 is 1.44 bits per heavy atom. The van der Waals surface area contributed by atoms with Crippen molar-refractivity contribution in [1.29, 1.82) is 0 Å². The van der Waals surface area contributed by atoms with Crippen LogP contribution >= 0.6 is 19.0 Å². The standard InChI is InChI=1S/C11H21ClNO4P/c1-11(2,3)15-10(14)7-9-6-8(4-5-13)16-18(12)17-9/h8-9H,4-7,13H2,1-3H3/t8-,9-,18?/m1/s1. The fraction of sp³-hybridized carbons (Fsp3) is 0.909. The second-order valence-electron chi connectivity index (χ2n) is 5.27. The molecule has 0 saturated carbocycles. The molecule has 18 heavy (non-hydrogen) atoms. The number of carbonyl (C=O) groups is 1. The predicted molar refractivity (Wildman–Crippen MR) is 71.3 cm³/mol. The normalized spacial score (nSPS) is 29.1. The highest BCUT2D eigenvalue weighted by Gasteiger charge is 2.32. The number of halogens is 1. The van der Waals surface area contributed by atoms with Crippen LogP contribution in [0.1, 0.15) is 40.0 Å². The second-order valence-corrected chi connectivity index (χ2v) is 6.95. The molecule has 0 aliphatic carbocycles. The van der Waals surface area contributed by atoms with Crippen molar-refractivity contribution in [3.63, 3.8) is 0 Å². The van der Waals surface area contributed by atoms with E-state index in [-0.39, 0.29) is 24.6 Å². The largest absolute Gasteiger partial charge is 0.460 e. The summed E-state index contributed by atoms with van der Waals surface area (Å²) in [6.07, 6.45) is 1.28. The topological polar surface area (TPSA) is 70.8 Å². The molecule has 0 radical (unpaired) electrons. The van der Waals surface area contributed by atoms with Gasteiger partial charge in [0.1, 0.15) is 5.60 Å². The van der Waals surface area contributed by atoms with E-state index in [4.69, 9.17) is 30.8 Å². The van der Waals surface area contributed by atoms with Gasteiger partial charge in [-0.3, -0.25) is 4.79 Å². The average molecular weight is 298 g/mol. The summed E-state index contributed by atoms with van der Waals surface area (Å²) in [5, 5.41) is 0. The van der Waals surface area contributed by atoms with Gasteiger partial charge in [0.05, 0.1) is 18.6 Å². The molecule has 0 spiro atoms. The van der Waals surface area contributed by atoms with Gasteiger partial charge in [0.25, 0.3) is 7.73 Å². The van der Waals surface area contributed by atoms with Crippen molar-refractivity contribution in [2.24, 2.45) is 5.73 Å². The first-order valence-electron chi connectivity index (χ1n) is 6.01. The van der Waals surface area contributed by atoms with Crippen LogP contribution in [-0.2, 0) is 18.6 Å². The molecule has 7 heteroatoms. The lowest BCUT2D eigenvalue weighted by molar-refractivity contribution is -0.157. The van der Waals surface area contributed by atoms with Crippen LogP contribution in [0.15, 0.2) is 0 Å². The summed E-state index contributed by atoms with van der Waals surface area (Å²) < 4.78 is 16.1. The van der Waals surface area contributed by atoms with E-state index in [2.05, 4.69) is 0 Å². The SMILES string of the molecule is CC(C)(C)OC(=O)C[C@H]1C[C@@H](CCN)OP(Cl)O1. The van der Waals surface area contributed by atoms with Crippen molar-refractivity contribution in [2.75, 3.05) is 6.54 Å².